The topological polar surface area (TPSA) is 127 Å². The van der Waals surface area contributed by atoms with Crippen LogP contribution in [-0.2, 0) is 48.5 Å². The molecule has 11 heteroatoms. The van der Waals surface area contributed by atoms with E-state index in [1.807, 2.05) is 6.20 Å². The first-order valence-electron chi connectivity index (χ1n) is 12.0. The van der Waals surface area contributed by atoms with Crippen LogP contribution in [0.2, 0.25) is 0 Å². The van der Waals surface area contributed by atoms with E-state index in [4.69, 9.17) is 4.74 Å². The van der Waals surface area contributed by atoms with Crippen molar-refractivity contribution in [1.82, 2.24) is 40.1 Å². The number of nitrogens with one attached hydrogen (secondary N) is 2. The molecule has 2 aliphatic rings. The second-order valence-corrected chi connectivity index (χ2v) is 9.22. The van der Waals surface area contributed by atoms with Crippen LogP contribution in [0.1, 0.15) is 28.2 Å². The number of methoxy groups -OCH3 is 1. The number of carbonyl (C=O) groups excluding carboxylic acids is 1. The van der Waals surface area contributed by atoms with Gasteiger partial charge >= 0.3 is 0 Å². The van der Waals surface area contributed by atoms with E-state index < -0.39 is 0 Å². The Hall–Kier alpha value is -4.12. The number of anilines is 1. The van der Waals surface area contributed by atoms with Crippen molar-refractivity contribution in [3.8, 4) is 11.1 Å². The molecule has 0 unspecified atom stereocenters. The van der Waals surface area contributed by atoms with Crippen LogP contribution in [0.3, 0.4) is 0 Å². The molecule has 0 fully saturated rings. The summed E-state index contributed by atoms with van der Waals surface area (Å²) < 4.78 is 7.01. The number of benzene rings is 1. The Morgan fingerprint density at radius 3 is 2.64 bits per heavy atom. The highest BCUT2D eigenvalue weighted by atomic mass is 16.5. The van der Waals surface area contributed by atoms with Crippen molar-refractivity contribution < 1.29 is 9.53 Å². The van der Waals surface area contributed by atoms with E-state index >= 15 is 0 Å². The Labute approximate surface area is 207 Å². The van der Waals surface area contributed by atoms with E-state index in [-0.39, 0.29) is 18.5 Å². The fourth-order valence-electron chi connectivity index (χ4n) is 4.97. The van der Waals surface area contributed by atoms with Crippen LogP contribution in [0.15, 0.2) is 42.9 Å². The standard InChI is InChI=1S/C25H27N9O2/c1-36-15-23-20(12-34(31-23)14-24(35)33-7-6-21-22(13-33)30-32-29-21)18-10-26-25(27-11-18)28-19-8-16-4-2-3-5-17(16)9-19/h2-5,10-12,19H,6-9,13-15H2,1H3,(H,26,27,28)(H,29,30,32). The molecular formula is C25H27N9O2. The maximum atomic E-state index is 12.9. The van der Waals surface area contributed by atoms with Crippen LogP contribution < -0.4 is 5.32 Å². The Morgan fingerprint density at radius 2 is 1.89 bits per heavy atom. The van der Waals surface area contributed by atoms with Gasteiger partial charge in [-0.2, -0.15) is 20.5 Å². The second kappa shape index (κ2) is 9.50. The average Bonchev–Trinajstić information content (AvgIpc) is 3.62. The largest absolute Gasteiger partial charge is 0.378 e. The maximum absolute atomic E-state index is 12.9. The molecule has 0 radical (unpaired) electrons. The van der Waals surface area contributed by atoms with Crippen LogP contribution in [0.25, 0.3) is 11.1 Å². The third-order valence-electron chi connectivity index (χ3n) is 6.78. The van der Waals surface area contributed by atoms with E-state index in [0.29, 0.717) is 32.1 Å². The molecule has 0 saturated carbocycles. The molecule has 0 atom stereocenters. The number of ether oxygens (including phenoxy) is 1. The molecule has 1 aliphatic heterocycles. The molecule has 1 aromatic carbocycles. The fourth-order valence-corrected chi connectivity index (χ4v) is 4.97. The van der Waals surface area contributed by atoms with E-state index in [1.165, 1.54) is 11.1 Å². The highest BCUT2D eigenvalue weighted by Gasteiger charge is 2.25. The van der Waals surface area contributed by atoms with Crippen LogP contribution in [-0.4, -0.2) is 65.7 Å². The van der Waals surface area contributed by atoms with Crippen LogP contribution >= 0.6 is 0 Å². The van der Waals surface area contributed by atoms with E-state index in [9.17, 15) is 4.79 Å². The molecule has 6 rings (SSSR count). The predicted molar refractivity (Wildman–Crippen MR) is 131 cm³/mol. The lowest BCUT2D eigenvalue weighted by Gasteiger charge is -2.25. The Balaban J connectivity index is 1.14. The first kappa shape index (κ1) is 22.4. The fraction of sp³-hybridized carbons (Fsp3) is 0.360. The van der Waals surface area contributed by atoms with Gasteiger partial charge in [0, 0.05) is 55.8 Å². The normalized spacial score (nSPS) is 15.1. The zero-order valence-electron chi connectivity index (χ0n) is 20.0. The number of amides is 1. The summed E-state index contributed by atoms with van der Waals surface area (Å²) in [6.07, 6.45) is 8.07. The van der Waals surface area contributed by atoms with Crippen LogP contribution in [0, 0.1) is 0 Å². The van der Waals surface area contributed by atoms with Crippen LogP contribution in [0.5, 0.6) is 0 Å². The quantitative estimate of drug-likeness (QED) is 0.406. The summed E-state index contributed by atoms with van der Waals surface area (Å²) in [5.41, 5.74) is 6.92. The van der Waals surface area contributed by atoms with Crippen molar-refractivity contribution in [2.75, 3.05) is 19.0 Å². The highest BCUT2D eigenvalue weighted by Crippen LogP contribution is 2.26. The minimum atomic E-state index is -0.0185. The number of aromatic nitrogens is 7. The summed E-state index contributed by atoms with van der Waals surface area (Å²) in [4.78, 5) is 23.8. The molecule has 11 nitrogen and oxygen atoms in total. The molecule has 1 amide bonds. The lowest BCUT2D eigenvalue weighted by molar-refractivity contribution is -0.133. The number of H-pyrrole nitrogens is 1. The van der Waals surface area contributed by atoms with Gasteiger partial charge < -0.3 is 15.0 Å². The third kappa shape index (κ3) is 4.44. The summed E-state index contributed by atoms with van der Waals surface area (Å²) >= 11 is 0. The monoisotopic (exact) mass is 485 g/mol. The Kier molecular flexibility index (Phi) is 5.90. The van der Waals surface area contributed by atoms with Gasteiger partial charge in [0.05, 0.1) is 24.5 Å². The summed E-state index contributed by atoms with van der Waals surface area (Å²) in [6, 6.07) is 8.80. The van der Waals surface area contributed by atoms with Crippen LogP contribution in [0.4, 0.5) is 5.95 Å². The molecule has 1 aliphatic carbocycles. The molecule has 4 heterocycles. The van der Waals surface area contributed by atoms with Gasteiger partial charge in [-0.25, -0.2) is 9.97 Å². The van der Waals surface area contributed by atoms with Gasteiger partial charge in [0.15, 0.2) is 0 Å². The molecule has 36 heavy (non-hydrogen) atoms. The van der Waals surface area contributed by atoms with Crippen molar-refractivity contribution >= 4 is 11.9 Å². The van der Waals surface area contributed by atoms with Gasteiger partial charge in [0.1, 0.15) is 12.2 Å². The summed E-state index contributed by atoms with van der Waals surface area (Å²) in [5.74, 6) is 0.583. The smallest absolute Gasteiger partial charge is 0.244 e. The van der Waals surface area contributed by atoms with Gasteiger partial charge in [-0.05, 0) is 24.0 Å². The zero-order chi connectivity index (χ0) is 24.5. The van der Waals surface area contributed by atoms with E-state index in [0.717, 1.165) is 41.1 Å². The number of hydrogen-bond donors (Lipinski definition) is 2. The number of rotatable bonds is 7. The predicted octanol–water partition coefficient (Wildman–Crippen LogP) is 1.77. The minimum absolute atomic E-state index is 0.0185. The van der Waals surface area contributed by atoms with Crippen molar-refractivity contribution in [2.45, 2.75) is 45.0 Å². The molecule has 3 aromatic heterocycles. The summed E-state index contributed by atoms with van der Waals surface area (Å²) in [5, 5.41) is 19.0. The Bertz CT molecular complexity index is 1350. The average molecular weight is 486 g/mol. The van der Waals surface area contributed by atoms with E-state index in [2.05, 4.69) is 60.1 Å². The molecule has 4 aromatic rings. The number of nitrogens with zero attached hydrogens (tertiary/aromatic N) is 7. The zero-order valence-corrected chi connectivity index (χ0v) is 20.0. The third-order valence-corrected chi connectivity index (χ3v) is 6.78. The van der Waals surface area contributed by atoms with Crippen molar-refractivity contribution in [2.24, 2.45) is 0 Å². The number of hydrogen-bond acceptors (Lipinski definition) is 8. The molecule has 2 N–H and O–H groups in total. The van der Waals surface area contributed by atoms with Crippen molar-refractivity contribution in [1.29, 1.82) is 0 Å². The second-order valence-electron chi connectivity index (χ2n) is 9.22. The van der Waals surface area contributed by atoms with Crippen molar-refractivity contribution in [3.05, 3.63) is 71.1 Å². The molecule has 0 saturated heterocycles. The first-order chi connectivity index (χ1) is 17.7. The molecular weight excluding hydrogens is 458 g/mol. The number of aromatic amines is 1. The molecule has 0 spiro atoms. The van der Waals surface area contributed by atoms with Gasteiger partial charge in [-0.15, -0.1) is 0 Å². The number of carbonyl (C=O) groups is 1. The first-order valence-corrected chi connectivity index (χ1v) is 12.0. The highest BCUT2D eigenvalue weighted by molar-refractivity contribution is 5.76. The van der Waals surface area contributed by atoms with Gasteiger partial charge in [-0.1, -0.05) is 24.3 Å². The van der Waals surface area contributed by atoms with Crippen molar-refractivity contribution in [3.63, 3.8) is 0 Å². The summed E-state index contributed by atoms with van der Waals surface area (Å²) in [7, 11) is 1.63. The van der Waals surface area contributed by atoms with Gasteiger partial charge in [0.25, 0.3) is 0 Å². The number of fused-ring (bicyclic) bond motifs is 2. The minimum Gasteiger partial charge on any atom is -0.378 e. The molecule has 0 bridgehead atoms. The molecule has 184 valence electrons. The summed E-state index contributed by atoms with van der Waals surface area (Å²) in [6.45, 7) is 1.53. The lowest BCUT2D eigenvalue weighted by atomic mass is 10.1. The Morgan fingerprint density at radius 1 is 1.14 bits per heavy atom. The lowest BCUT2D eigenvalue weighted by Crippen LogP contribution is -2.38. The van der Waals surface area contributed by atoms with Gasteiger partial charge in [-0.3, -0.25) is 9.48 Å². The van der Waals surface area contributed by atoms with Gasteiger partial charge in [0.2, 0.25) is 11.9 Å². The SMILES string of the molecule is COCc1nn(CC(=O)N2CCc3n[nH]nc3C2)cc1-c1cnc(NC2Cc3ccccc3C2)nc1. The van der Waals surface area contributed by atoms with E-state index in [1.54, 1.807) is 29.1 Å². The maximum Gasteiger partial charge on any atom is 0.244 e.